The largest absolute Gasteiger partial charge is 0.481 e. The lowest BCUT2D eigenvalue weighted by atomic mass is 10.1. The number of hydrogen-bond acceptors (Lipinski definition) is 7. The van der Waals surface area contributed by atoms with Gasteiger partial charge in [-0.05, 0) is 37.6 Å². The Bertz CT molecular complexity index is 1220. The minimum atomic E-state index is -0.906. The number of hydrogen-bond donors (Lipinski definition) is 3. The van der Waals surface area contributed by atoms with Crippen molar-refractivity contribution in [3.8, 4) is 21.8 Å². The van der Waals surface area contributed by atoms with Crippen LogP contribution in [-0.2, 0) is 16.2 Å². The minimum absolute atomic E-state index is 0.110. The first-order valence-corrected chi connectivity index (χ1v) is 11.6. The SMILES string of the molecule is Cc1nc(CO)sc1-c1cccc(-c2ccc(C(=O)NCC(=O)N3CCC(C(=O)O)C3)cc2)n1. The summed E-state index contributed by atoms with van der Waals surface area (Å²) in [6.45, 7) is 2.15. The Balaban J connectivity index is 1.39. The van der Waals surface area contributed by atoms with Gasteiger partial charge in [-0.3, -0.25) is 14.4 Å². The monoisotopic (exact) mass is 480 g/mol. The molecule has 0 spiro atoms. The van der Waals surface area contributed by atoms with Crippen molar-refractivity contribution in [2.45, 2.75) is 20.0 Å². The molecule has 0 radical (unpaired) electrons. The normalized spacial score (nSPS) is 15.4. The quantitative estimate of drug-likeness (QED) is 0.473. The molecule has 34 heavy (non-hydrogen) atoms. The highest BCUT2D eigenvalue weighted by atomic mass is 32.1. The molecule has 1 aliphatic heterocycles. The highest BCUT2D eigenvalue weighted by Gasteiger charge is 2.30. The first kappa shape index (κ1) is 23.5. The zero-order valence-electron chi connectivity index (χ0n) is 18.5. The molecule has 0 aliphatic carbocycles. The van der Waals surface area contributed by atoms with E-state index in [4.69, 9.17) is 10.1 Å². The Labute approximate surface area is 200 Å². The molecule has 3 N–H and O–H groups in total. The van der Waals surface area contributed by atoms with Crippen LogP contribution in [0.5, 0.6) is 0 Å². The molecule has 0 bridgehead atoms. The Hall–Kier alpha value is -3.63. The summed E-state index contributed by atoms with van der Waals surface area (Å²) >= 11 is 1.40. The van der Waals surface area contributed by atoms with Crippen LogP contribution in [0.15, 0.2) is 42.5 Å². The van der Waals surface area contributed by atoms with Gasteiger partial charge in [0.2, 0.25) is 5.91 Å². The van der Waals surface area contributed by atoms with Gasteiger partial charge in [0.25, 0.3) is 5.91 Å². The van der Waals surface area contributed by atoms with Gasteiger partial charge in [0, 0.05) is 24.2 Å². The van der Waals surface area contributed by atoms with Crippen molar-refractivity contribution in [3.05, 3.63) is 58.7 Å². The number of carbonyl (C=O) groups excluding carboxylic acids is 2. The van der Waals surface area contributed by atoms with Gasteiger partial charge < -0.3 is 20.4 Å². The number of carboxylic acids is 1. The number of aryl methyl sites for hydroxylation is 1. The lowest BCUT2D eigenvalue weighted by Crippen LogP contribution is -2.39. The molecular formula is C24H24N4O5S. The number of likely N-dealkylation sites (tertiary alicyclic amines) is 1. The van der Waals surface area contributed by atoms with Crippen molar-refractivity contribution < 1.29 is 24.6 Å². The van der Waals surface area contributed by atoms with Gasteiger partial charge in [-0.1, -0.05) is 18.2 Å². The zero-order valence-corrected chi connectivity index (χ0v) is 19.3. The summed E-state index contributed by atoms with van der Waals surface area (Å²) in [6, 6.07) is 12.6. The smallest absolute Gasteiger partial charge is 0.308 e. The standard InChI is InChI=1S/C24H24N4O5S/c1-14-22(34-20(13-29)26-14)19-4-2-3-18(27-19)15-5-7-16(8-6-15)23(31)25-11-21(30)28-10-9-17(12-28)24(32)33/h2-8,17,29H,9-13H2,1H3,(H,25,31)(H,32,33). The molecule has 4 rings (SSSR count). The fourth-order valence-electron chi connectivity index (χ4n) is 3.83. The number of aliphatic hydroxyl groups excluding tert-OH is 1. The van der Waals surface area contributed by atoms with Gasteiger partial charge >= 0.3 is 5.97 Å². The van der Waals surface area contributed by atoms with Crippen LogP contribution in [0.1, 0.15) is 27.5 Å². The van der Waals surface area contributed by atoms with E-state index in [1.165, 1.54) is 16.2 Å². The van der Waals surface area contributed by atoms with E-state index < -0.39 is 11.9 Å². The highest BCUT2D eigenvalue weighted by Crippen LogP contribution is 2.30. The summed E-state index contributed by atoms with van der Waals surface area (Å²) in [5.41, 5.74) is 3.55. The Morgan fingerprint density at radius 1 is 1.12 bits per heavy atom. The molecule has 176 valence electrons. The maximum absolute atomic E-state index is 12.5. The van der Waals surface area contributed by atoms with Gasteiger partial charge in [-0.25, -0.2) is 9.97 Å². The fourth-order valence-corrected chi connectivity index (χ4v) is 4.72. The van der Waals surface area contributed by atoms with Crippen LogP contribution in [-0.4, -0.2) is 62.5 Å². The van der Waals surface area contributed by atoms with Gasteiger partial charge in [0.15, 0.2) is 0 Å². The number of carboxylic acid groups (broad SMARTS) is 1. The Morgan fingerprint density at radius 2 is 1.85 bits per heavy atom. The number of amides is 2. The third kappa shape index (κ3) is 5.13. The summed E-state index contributed by atoms with van der Waals surface area (Å²) in [7, 11) is 0. The number of pyridine rings is 1. The van der Waals surface area contributed by atoms with Crippen LogP contribution >= 0.6 is 11.3 Å². The molecule has 3 heterocycles. The Morgan fingerprint density at radius 3 is 2.50 bits per heavy atom. The molecule has 10 heteroatoms. The molecule has 1 unspecified atom stereocenters. The van der Waals surface area contributed by atoms with E-state index in [9.17, 15) is 19.5 Å². The third-order valence-corrected chi connectivity index (χ3v) is 6.86. The number of benzene rings is 1. The topological polar surface area (TPSA) is 133 Å². The molecular weight excluding hydrogens is 456 g/mol. The van der Waals surface area contributed by atoms with Crippen LogP contribution < -0.4 is 5.32 Å². The average molecular weight is 481 g/mol. The number of nitrogens with zero attached hydrogens (tertiary/aromatic N) is 3. The predicted octanol–water partition coefficient (Wildman–Crippen LogP) is 2.34. The summed E-state index contributed by atoms with van der Waals surface area (Å²) in [5, 5.41) is 21.6. The lowest BCUT2D eigenvalue weighted by Gasteiger charge is -2.16. The van der Waals surface area contributed by atoms with Gasteiger partial charge in [0.05, 0.1) is 41.0 Å². The molecule has 1 fully saturated rings. The zero-order chi connectivity index (χ0) is 24.2. The number of aliphatic hydroxyl groups is 1. The van der Waals surface area contributed by atoms with Crippen molar-refractivity contribution in [2.75, 3.05) is 19.6 Å². The third-order valence-electron chi connectivity index (χ3n) is 5.69. The van der Waals surface area contributed by atoms with E-state index in [2.05, 4.69) is 10.3 Å². The second-order valence-electron chi connectivity index (χ2n) is 8.01. The molecule has 0 saturated carbocycles. The first-order valence-electron chi connectivity index (χ1n) is 10.8. The van der Waals surface area contributed by atoms with Crippen LogP contribution in [0.3, 0.4) is 0 Å². The number of carbonyl (C=O) groups is 3. The molecule has 1 atom stereocenters. The molecule has 2 amide bonds. The van der Waals surface area contributed by atoms with E-state index in [0.29, 0.717) is 23.5 Å². The van der Waals surface area contributed by atoms with Crippen LogP contribution in [0.25, 0.3) is 21.8 Å². The lowest BCUT2D eigenvalue weighted by molar-refractivity contribution is -0.141. The Kier molecular flexibility index (Phi) is 6.99. The summed E-state index contributed by atoms with van der Waals surface area (Å²) in [6.07, 6.45) is 0.427. The van der Waals surface area contributed by atoms with Crippen molar-refractivity contribution in [3.63, 3.8) is 0 Å². The van der Waals surface area contributed by atoms with Crippen molar-refractivity contribution in [1.82, 2.24) is 20.2 Å². The van der Waals surface area contributed by atoms with Crippen molar-refractivity contribution in [1.29, 1.82) is 0 Å². The van der Waals surface area contributed by atoms with Crippen molar-refractivity contribution in [2.24, 2.45) is 5.92 Å². The van der Waals surface area contributed by atoms with Crippen molar-refractivity contribution >= 4 is 29.1 Å². The molecule has 1 aliphatic rings. The van der Waals surface area contributed by atoms with E-state index in [-0.39, 0.29) is 31.5 Å². The number of aromatic nitrogens is 2. The summed E-state index contributed by atoms with van der Waals surface area (Å²) in [5.74, 6) is -2.13. The minimum Gasteiger partial charge on any atom is -0.481 e. The van der Waals surface area contributed by atoms with E-state index in [1.807, 2.05) is 25.1 Å². The average Bonchev–Trinajstić information content (AvgIpc) is 3.50. The van der Waals surface area contributed by atoms with E-state index in [1.54, 1.807) is 24.3 Å². The van der Waals surface area contributed by atoms with Gasteiger partial charge in [-0.15, -0.1) is 11.3 Å². The second-order valence-corrected chi connectivity index (χ2v) is 9.10. The second kappa shape index (κ2) is 10.1. The molecule has 1 aromatic carbocycles. The summed E-state index contributed by atoms with van der Waals surface area (Å²) in [4.78, 5) is 47.2. The first-order chi connectivity index (χ1) is 16.4. The maximum atomic E-state index is 12.5. The van der Waals surface area contributed by atoms with Gasteiger partial charge in [0.1, 0.15) is 5.01 Å². The predicted molar refractivity (Wildman–Crippen MR) is 126 cm³/mol. The summed E-state index contributed by atoms with van der Waals surface area (Å²) < 4.78 is 0. The highest BCUT2D eigenvalue weighted by molar-refractivity contribution is 7.15. The number of thiazole rings is 1. The van der Waals surface area contributed by atoms with Crippen LogP contribution in [0, 0.1) is 12.8 Å². The maximum Gasteiger partial charge on any atom is 0.308 e. The van der Waals surface area contributed by atoms with E-state index >= 15 is 0 Å². The van der Waals surface area contributed by atoms with E-state index in [0.717, 1.165) is 27.5 Å². The van der Waals surface area contributed by atoms with Crippen LogP contribution in [0.4, 0.5) is 0 Å². The number of rotatable bonds is 7. The fraction of sp³-hybridized carbons (Fsp3) is 0.292. The molecule has 3 aromatic rings. The van der Waals surface area contributed by atoms with Crippen LogP contribution in [0.2, 0.25) is 0 Å². The van der Waals surface area contributed by atoms with Gasteiger partial charge in [-0.2, -0.15) is 0 Å². The number of aliphatic carboxylic acids is 1. The molecule has 1 saturated heterocycles. The number of nitrogens with one attached hydrogen (secondary N) is 1. The molecule has 2 aromatic heterocycles. The molecule has 9 nitrogen and oxygen atoms in total.